The maximum atomic E-state index is 11.6. The standard InChI is InChI=1S/C17H20O3/c1-8-7-19-13-6-17(4)12-5-11(12)9(2)15(17)16(14(8)13)20-10(3)18/h7,11-12,15-16H,2,5-6H2,1,3-4H3/t11-,12+,15-,16-,17-/m0/s1. The summed E-state index contributed by atoms with van der Waals surface area (Å²) in [4.78, 5) is 11.6. The number of ether oxygens (including phenoxy) is 1. The van der Waals surface area contributed by atoms with Crippen molar-refractivity contribution in [3.63, 3.8) is 0 Å². The number of carbonyl (C=O) groups excluding carboxylic acids is 1. The van der Waals surface area contributed by atoms with E-state index in [-0.39, 0.29) is 23.4 Å². The molecule has 3 aliphatic carbocycles. The van der Waals surface area contributed by atoms with Crippen molar-refractivity contribution in [2.75, 3.05) is 0 Å². The minimum absolute atomic E-state index is 0.138. The fourth-order valence-electron chi connectivity index (χ4n) is 4.84. The molecule has 0 bridgehead atoms. The molecule has 2 saturated carbocycles. The maximum Gasteiger partial charge on any atom is 0.303 e. The molecule has 3 nitrogen and oxygen atoms in total. The summed E-state index contributed by atoms with van der Waals surface area (Å²) in [5.41, 5.74) is 3.60. The van der Waals surface area contributed by atoms with Crippen LogP contribution in [0.25, 0.3) is 0 Å². The Hall–Kier alpha value is -1.51. The average Bonchev–Trinajstić information content (AvgIpc) is 3.03. The summed E-state index contributed by atoms with van der Waals surface area (Å²) in [6, 6.07) is 0. The Balaban J connectivity index is 1.86. The van der Waals surface area contributed by atoms with E-state index < -0.39 is 0 Å². The van der Waals surface area contributed by atoms with Crippen molar-refractivity contribution in [1.82, 2.24) is 0 Å². The molecule has 106 valence electrons. The lowest BCUT2D eigenvalue weighted by atomic mass is 9.64. The summed E-state index contributed by atoms with van der Waals surface area (Å²) in [5, 5.41) is 0. The van der Waals surface area contributed by atoms with E-state index in [1.54, 1.807) is 6.26 Å². The van der Waals surface area contributed by atoms with Gasteiger partial charge < -0.3 is 9.15 Å². The molecule has 3 heteroatoms. The zero-order valence-electron chi connectivity index (χ0n) is 12.2. The van der Waals surface area contributed by atoms with Gasteiger partial charge in [-0.2, -0.15) is 0 Å². The normalized spacial score (nSPS) is 40.9. The Morgan fingerprint density at radius 2 is 2.30 bits per heavy atom. The van der Waals surface area contributed by atoms with Gasteiger partial charge >= 0.3 is 5.97 Å². The molecule has 3 aliphatic rings. The monoisotopic (exact) mass is 272 g/mol. The molecule has 0 amide bonds. The zero-order valence-corrected chi connectivity index (χ0v) is 12.2. The van der Waals surface area contributed by atoms with Crippen LogP contribution in [0, 0.1) is 30.1 Å². The van der Waals surface area contributed by atoms with Gasteiger partial charge in [-0.15, -0.1) is 0 Å². The van der Waals surface area contributed by atoms with E-state index in [1.165, 1.54) is 18.9 Å². The summed E-state index contributed by atoms with van der Waals surface area (Å²) in [5.74, 6) is 2.36. The third-order valence-corrected chi connectivity index (χ3v) is 5.75. The van der Waals surface area contributed by atoms with Gasteiger partial charge in [-0.25, -0.2) is 0 Å². The predicted octanol–water partition coefficient (Wildman–Crippen LogP) is 3.58. The molecule has 0 aromatic carbocycles. The first-order chi connectivity index (χ1) is 9.43. The highest BCUT2D eigenvalue weighted by Gasteiger charge is 2.67. The van der Waals surface area contributed by atoms with Gasteiger partial charge in [-0.3, -0.25) is 4.79 Å². The van der Waals surface area contributed by atoms with Gasteiger partial charge in [-0.1, -0.05) is 19.1 Å². The van der Waals surface area contributed by atoms with Crippen LogP contribution in [0.5, 0.6) is 0 Å². The number of hydrogen-bond acceptors (Lipinski definition) is 3. The highest BCUT2D eigenvalue weighted by Crippen LogP contribution is 2.72. The molecular formula is C17H20O3. The minimum atomic E-state index is -0.223. The molecule has 0 unspecified atom stereocenters. The number of fused-ring (bicyclic) bond motifs is 4. The molecule has 1 heterocycles. The topological polar surface area (TPSA) is 39.4 Å². The zero-order chi connectivity index (χ0) is 14.2. The van der Waals surface area contributed by atoms with E-state index in [1.807, 2.05) is 6.92 Å². The maximum absolute atomic E-state index is 11.6. The molecule has 4 rings (SSSR count). The molecular weight excluding hydrogens is 252 g/mol. The van der Waals surface area contributed by atoms with E-state index in [0.717, 1.165) is 23.3 Å². The Morgan fingerprint density at radius 1 is 1.55 bits per heavy atom. The Bertz CT molecular complexity index is 626. The smallest absolute Gasteiger partial charge is 0.303 e. The largest absolute Gasteiger partial charge is 0.469 e. The van der Waals surface area contributed by atoms with Gasteiger partial charge in [0.2, 0.25) is 0 Å². The summed E-state index contributed by atoms with van der Waals surface area (Å²) in [6.45, 7) is 10.2. The summed E-state index contributed by atoms with van der Waals surface area (Å²) >= 11 is 0. The van der Waals surface area contributed by atoms with Crippen molar-refractivity contribution in [3.8, 4) is 0 Å². The van der Waals surface area contributed by atoms with E-state index in [4.69, 9.17) is 9.15 Å². The SMILES string of the molecule is C=C1[C@@H]2C[C@H]2[C@]2(C)Cc3occ(C)c3[C@H](OC(C)=O)[C@H]12. The average molecular weight is 272 g/mol. The Kier molecular flexibility index (Phi) is 2.19. The first-order valence-corrected chi connectivity index (χ1v) is 7.36. The third kappa shape index (κ3) is 1.33. The van der Waals surface area contributed by atoms with Crippen molar-refractivity contribution < 1.29 is 13.9 Å². The van der Waals surface area contributed by atoms with Crippen LogP contribution in [0.1, 0.15) is 43.3 Å². The van der Waals surface area contributed by atoms with Crippen LogP contribution < -0.4 is 0 Å². The van der Waals surface area contributed by atoms with Crippen LogP contribution in [0.2, 0.25) is 0 Å². The van der Waals surface area contributed by atoms with Crippen LogP contribution in [0.3, 0.4) is 0 Å². The lowest BCUT2D eigenvalue weighted by Crippen LogP contribution is -2.39. The third-order valence-electron chi connectivity index (χ3n) is 5.75. The van der Waals surface area contributed by atoms with E-state index in [2.05, 4.69) is 13.5 Å². The molecule has 0 aliphatic heterocycles. The summed E-state index contributed by atoms with van der Waals surface area (Å²) < 4.78 is 11.5. The van der Waals surface area contributed by atoms with Gasteiger partial charge in [0.1, 0.15) is 11.9 Å². The molecule has 1 aromatic heterocycles. The molecule has 0 N–H and O–H groups in total. The number of hydrogen-bond donors (Lipinski definition) is 0. The molecule has 0 radical (unpaired) electrons. The summed E-state index contributed by atoms with van der Waals surface area (Å²) in [6.07, 6.45) is 3.77. The fraction of sp³-hybridized carbons (Fsp3) is 0.588. The first kappa shape index (κ1) is 12.2. The molecule has 0 spiro atoms. The quantitative estimate of drug-likeness (QED) is 0.579. The van der Waals surface area contributed by atoms with Gasteiger partial charge in [0.15, 0.2) is 0 Å². The van der Waals surface area contributed by atoms with Crippen molar-refractivity contribution in [2.24, 2.45) is 23.2 Å². The second kappa shape index (κ2) is 3.57. The van der Waals surface area contributed by atoms with Crippen LogP contribution in [0.4, 0.5) is 0 Å². The second-order valence-corrected chi connectivity index (χ2v) is 6.97. The highest BCUT2D eigenvalue weighted by molar-refractivity contribution is 5.67. The van der Waals surface area contributed by atoms with Crippen molar-refractivity contribution >= 4 is 5.97 Å². The van der Waals surface area contributed by atoms with Crippen molar-refractivity contribution in [1.29, 1.82) is 0 Å². The lowest BCUT2D eigenvalue weighted by Gasteiger charge is -2.43. The number of esters is 1. The molecule has 1 aromatic rings. The number of furan rings is 1. The lowest BCUT2D eigenvalue weighted by molar-refractivity contribution is -0.152. The second-order valence-electron chi connectivity index (χ2n) is 6.97. The van der Waals surface area contributed by atoms with Crippen molar-refractivity contribution in [2.45, 2.75) is 39.7 Å². The molecule has 20 heavy (non-hydrogen) atoms. The summed E-state index contributed by atoms with van der Waals surface area (Å²) in [7, 11) is 0. The van der Waals surface area contributed by atoms with E-state index >= 15 is 0 Å². The molecule has 0 saturated heterocycles. The number of rotatable bonds is 1. The van der Waals surface area contributed by atoms with Gasteiger partial charge in [0.25, 0.3) is 0 Å². The highest BCUT2D eigenvalue weighted by atomic mass is 16.5. The van der Waals surface area contributed by atoms with Gasteiger partial charge in [0.05, 0.1) is 6.26 Å². The van der Waals surface area contributed by atoms with Crippen LogP contribution in [0.15, 0.2) is 22.8 Å². The van der Waals surface area contributed by atoms with Crippen LogP contribution >= 0.6 is 0 Å². The van der Waals surface area contributed by atoms with Crippen LogP contribution in [-0.4, -0.2) is 5.97 Å². The Morgan fingerprint density at radius 3 is 3.00 bits per heavy atom. The Labute approximate surface area is 119 Å². The molecule has 5 atom stereocenters. The fourth-order valence-corrected chi connectivity index (χ4v) is 4.84. The van der Waals surface area contributed by atoms with Gasteiger partial charge in [0, 0.05) is 24.8 Å². The number of carbonyl (C=O) groups is 1. The predicted molar refractivity (Wildman–Crippen MR) is 74.0 cm³/mol. The first-order valence-electron chi connectivity index (χ1n) is 7.36. The van der Waals surface area contributed by atoms with Gasteiger partial charge in [-0.05, 0) is 36.2 Å². The minimum Gasteiger partial charge on any atom is -0.469 e. The van der Waals surface area contributed by atoms with E-state index in [0.29, 0.717) is 11.8 Å². The number of aryl methyl sites for hydroxylation is 1. The van der Waals surface area contributed by atoms with Crippen LogP contribution in [-0.2, 0) is 16.0 Å². The molecule has 2 fully saturated rings. The van der Waals surface area contributed by atoms with E-state index in [9.17, 15) is 4.79 Å². The van der Waals surface area contributed by atoms with Crippen molar-refractivity contribution in [3.05, 3.63) is 35.3 Å².